The highest BCUT2D eigenvalue weighted by Gasteiger charge is 2.36. The van der Waals surface area contributed by atoms with Gasteiger partial charge in [-0.15, -0.1) is 0 Å². The number of rotatable bonds is 7. The zero-order chi connectivity index (χ0) is 26.9. The molecule has 4 aromatic rings. The minimum Gasteiger partial charge on any atom is -0.321 e. The first-order chi connectivity index (χ1) is 18.2. The Hall–Kier alpha value is -4.49. The van der Waals surface area contributed by atoms with E-state index in [0.717, 1.165) is 28.7 Å². The molecule has 0 aliphatic heterocycles. The molecule has 0 radical (unpaired) electrons. The number of benzene rings is 2. The van der Waals surface area contributed by atoms with Gasteiger partial charge in [-0.25, -0.2) is 4.68 Å². The van der Waals surface area contributed by atoms with Crippen LogP contribution in [0.5, 0.6) is 0 Å². The highest BCUT2D eigenvalue weighted by molar-refractivity contribution is 6.03. The molecule has 1 saturated carbocycles. The van der Waals surface area contributed by atoms with Gasteiger partial charge in [0.15, 0.2) is 5.69 Å². The van der Waals surface area contributed by atoms with Crippen LogP contribution in [-0.4, -0.2) is 38.7 Å². The lowest BCUT2D eigenvalue weighted by atomic mass is 9.97. The maximum atomic E-state index is 13.5. The van der Waals surface area contributed by atoms with Gasteiger partial charge in [-0.2, -0.15) is 23.5 Å². The number of carbonyl (C=O) groups is 1. The van der Waals surface area contributed by atoms with Crippen molar-refractivity contribution in [1.29, 1.82) is 5.26 Å². The number of halogens is 3. The van der Waals surface area contributed by atoms with Crippen LogP contribution in [0.3, 0.4) is 0 Å². The minimum absolute atomic E-state index is 0.0848. The van der Waals surface area contributed by atoms with Crippen molar-refractivity contribution < 1.29 is 18.0 Å². The normalized spacial score (nSPS) is 14.2. The van der Waals surface area contributed by atoms with E-state index in [9.17, 15) is 23.2 Å². The molecule has 2 aromatic carbocycles. The van der Waals surface area contributed by atoms with Crippen LogP contribution in [0, 0.1) is 11.3 Å². The first-order valence-electron chi connectivity index (χ1n) is 12.0. The molecule has 7 nitrogen and oxygen atoms in total. The highest BCUT2D eigenvalue weighted by atomic mass is 19.4. The number of nitrogens with zero attached hydrogens (tertiary/aromatic N) is 5. The second-order valence-corrected chi connectivity index (χ2v) is 9.15. The second-order valence-electron chi connectivity index (χ2n) is 9.15. The first kappa shape index (κ1) is 25.2. The van der Waals surface area contributed by atoms with Crippen LogP contribution in [0.1, 0.15) is 51.8 Å². The van der Waals surface area contributed by atoms with Crippen molar-refractivity contribution in [3.8, 4) is 11.8 Å². The molecule has 1 aliphatic carbocycles. The number of hydrogen-bond donors (Lipinski definition) is 1. The van der Waals surface area contributed by atoms with E-state index in [2.05, 4.69) is 27.3 Å². The number of amides is 1. The summed E-state index contributed by atoms with van der Waals surface area (Å²) in [6.07, 6.45) is 0.920. The average Bonchev–Trinajstić information content (AvgIpc) is 3.66. The maximum absolute atomic E-state index is 13.5. The molecule has 38 heavy (non-hydrogen) atoms. The summed E-state index contributed by atoms with van der Waals surface area (Å²) < 4.78 is 41.4. The minimum atomic E-state index is -4.75. The number of aromatic nitrogens is 3. The van der Waals surface area contributed by atoms with Gasteiger partial charge in [-0.3, -0.25) is 14.7 Å². The Bertz CT molecular complexity index is 1510. The van der Waals surface area contributed by atoms with E-state index in [1.165, 1.54) is 24.3 Å². The van der Waals surface area contributed by atoms with E-state index in [-0.39, 0.29) is 23.0 Å². The zero-order valence-corrected chi connectivity index (χ0v) is 20.4. The van der Waals surface area contributed by atoms with Gasteiger partial charge in [-0.05, 0) is 73.5 Å². The van der Waals surface area contributed by atoms with Crippen molar-refractivity contribution in [2.75, 3.05) is 12.4 Å². The van der Waals surface area contributed by atoms with Crippen molar-refractivity contribution >= 4 is 11.6 Å². The van der Waals surface area contributed by atoms with Crippen LogP contribution in [0.15, 0.2) is 79.1 Å². The Kier molecular flexibility index (Phi) is 6.70. The van der Waals surface area contributed by atoms with Gasteiger partial charge in [-0.1, -0.05) is 18.2 Å². The smallest absolute Gasteiger partial charge is 0.321 e. The molecule has 1 N–H and O–H groups in total. The van der Waals surface area contributed by atoms with Gasteiger partial charge in [0, 0.05) is 30.2 Å². The predicted molar refractivity (Wildman–Crippen MR) is 135 cm³/mol. The standard InChI is InChI=1S/C28H23F3N6O/c1-36(22-8-9-22)26(19-10-12-33-13-11-19)20-5-3-6-21(15-20)34-27(38)24-16-25(28(29,30)31)35-37(24)23-7-2-4-18(14-23)17-32/h2-7,10-16,22,26H,8-9H2,1H3,(H,34,38). The summed E-state index contributed by atoms with van der Waals surface area (Å²) in [4.78, 5) is 19.7. The number of pyridine rings is 1. The van der Waals surface area contributed by atoms with Gasteiger partial charge in [0.05, 0.1) is 23.4 Å². The third-order valence-corrected chi connectivity index (χ3v) is 6.46. The Balaban J connectivity index is 1.48. The van der Waals surface area contributed by atoms with Crippen molar-refractivity contribution in [2.45, 2.75) is 31.1 Å². The van der Waals surface area contributed by atoms with E-state index in [1.807, 2.05) is 30.3 Å². The molecule has 1 atom stereocenters. The van der Waals surface area contributed by atoms with Crippen LogP contribution < -0.4 is 5.32 Å². The lowest BCUT2D eigenvalue weighted by Crippen LogP contribution is -2.27. The monoisotopic (exact) mass is 516 g/mol. The van der Waals surface area contributed by atoms with Gasteiger partial charge >= 0.3 is 6.18 Å². The van der Waals surface area contributed by atoms with Crippen molar-refractivity contribution in [1.82, 2.24) is 19.7 Å². The van der Waals surface area contributed by atoms with Gasteiger partial charge < -0.3 is 5.32 Å². The molecule has 0 spiro atoms. The number of carbonyl (C=O) groups excluding carboxylic acids is 1. The average molecular weight is 517 g/mol. The van der Waals surface area contributed by atoms with E-state index in [4.69, 9.17) is 0 Å². The largest absolute Gasteiger partial charge is 0.435 e. The molecular weight excluding hydrogens is 493 g/mol. The molecule has 1 amide bonds. The third-order valence-electron chi connectivity index (χ3n) is 6.46. The SMILES string of the molecule is CN(C1CC1)C(c1ccncc1)c1cccc(NC(=O)c2cc(C(F)(F)F)nn2-c2cccc(C#N)c2)c1. The Labute approximate surface area is 217 Å². The molecular formula is C28H23F3N6O. The highest BCUT2D eigenvalue weighted by Crippen LogP contribution is 2.37. The van der Waals surface area contributed by atoms with Gasteiger partial charge in [0.2, 0.25) is 0 Å². The molecule has 5 rings (SSSR count). The Morgan fingerprint density at radius 2 is 1.82 bits per heavy atom. The number of nitrogens with one attached hydrogen (secondary N) is 1. The number of nitriles is 1. The lowest BCUT2D eigenvalue weighted by molar-refractivity contribution is -0.141. The van der Waals surface area contributed by atoms with Crippen molar-refractivity contribution in [3.05, 3.63) is 107 Å². The summed E-state index contributed by atoms with van der Waals surface area (Å²) in [6.45, 7) is 0. The molecule has 2 aromatic heterocycles. The zero-order valence-electron chi connectivity index (χ0n) is 20.4. The van der Waals surface area contributed by atoms with Crippen molar-refractivity contribution in [2.24, 2.45) is 0 Å². The fraction of sp³-hybridized carbons (Fsp3) is 0.214. The number of anilines is 1. The van der Waals surface area contributed by atoms with E-state index in [0.29, 0.717) is 17.8 Å². The summed E-state index contributed by atoms with van der Waals surface area (Å²) in [5, 5.41) is 15.6. The van der Waals surface area contributed by atoms with Crippen LogP contribution in [-0.2, 0) is 6.18 Å². The quantitative estimate of drug-likeness (QED) is 0.346. The van der Waals surface area contributed by atoms with Crippen molar-refractivity contribution in [3.63, 3.8) is 0 Å². The topological polar surface area (TPSA) is 86.8 Å². The van der Waals surface area contributed by atoms with Crippen LogP contribution >= 0.6 is 0 Å². The lowest BCUT2D eigenvalue weighted by Gasteiger charge is -2.29. The van der Waals surface area contributed by atoms with Gasteiger partial charge in [0.25, 0.3) is 5.91 Å². The van der Waals surface area contributed by atoms with Crippen LogP contribution in [0.4, 0.5) is 18.9 Å². The predicted octanol–water partition coefficient (Wildman–Crippen LogP) is 5.59. The first-order valence-corrected chi connectivity index (χ1v) is 12.0. The Morgan fingerprint density at radius 1 is 1.08 bits per heavy atom. The van der Waals surface area contributed by atoms with E-state index < -0.39 is 17.8 Å². The second kappa shape index (κ2) is 10.1. The fourth-order valence-electron chi connectivity index (χ4n) is 4.47. The van der Waals surface area contributed by atoms with E-state index in [1.54, 1.807) is 24.5 Å². The Morgan fingerprint density at radius 3 is 2.50 bits per heavy atom. The summed E-state index contributed by atoms with van der Waals surface area (Å²) >= 11 is 0. The van der Waals surface area contributed by atoms with Crippen LogP contribution in [0.2, 0.25) is 0 Å². The molecule has 1 aliphatic rings. The summed E-state index contributed by atoms with van der Waals surface area (Å²) in [5.74, 6) is -0.761. The summed E-state index contributed by atoms with van der Waals surface area (Å²) in [7, 11) is 2.06. The number of alkyl halides is 3. The third kappa shape index (κ3) is 5.28. The molecule has 0 bridgehead atoms. The molecule has 0 saturated heterocycles. The molecule has 192 valence electrons. The van der Waals surface area contributed by atoms with Crippen LogP contribution in [0.25, 0.3) is 5.69 Å². The molecule has 1 unspecified atom stereocenters. The summed E-state index contributed by atoms with van der Waals surface area (Å²) in [6, 6.07) is 20.1. The maximum Gasteiger partial charge on any atom is 0.435 e. The molecule has 2 heterocycles. The summed E-state index contributed by atoms with van der Waals surface area (Å²) in [5.41, 5.74) is 1.29. The molecule has 10 heteroatoms. The fourth-order valence-corrected chi connectivity index (χ4v) is 4.47. The van der Waals surface area contributed by atoms with Gasteiger partial charge in [0.1, 0.15) is 5.69 Å². The van der Waals surface area contributed by atoms with E-state index >= 15 is 0 Å². The number of hydrogen-bond acceptors (Lipinski definition) is 5. The molecule has 1 fully saturated rings.